The molecule has 1 N–H and O–H groups in total. The van der Waals surface area contributed by atoms with E-state index in [-0.39, 0.29) is 24.0 Å². The highest BCUT2D eigenvalue weighted by atomic mass is 79.9. The van der Waals surface area contributed by atoms with E-state index in [1.807, 2.05) is 31.2 Å². The van der Waals surface area contributed by atoms with Crippen molar-refractivity contribution < 1.29 is 13.2 Å². The van der Waals surface area contributed by atoms with Crippen molar-refractivity contribution in [3.05, 3.63) is 98.4 Å². The van der Waals surface area contributed by atoms with Gasteiger partial charge in [0.2, 0.25) is 15.9 Å². The number of amides is 1. The Kier molecular flexibility index (Phi) is 8.36. The fraction of sp³-hybridized carbons (Fsp3) is 0.174. The van der Waals surface area contributed by atoms with Gasteiger partial charge in [0.25, 0.3) is 0 Å². The first-order valence-corrected chi connectivity index (χ1v) is 12.7. The third-order valence-electron chi connectivity index (χ3n) is 4.75. The zero-order valence-corrected chi connectivity index (χ0v) is 21.0. The summed E-state index contributed by atoms with van der Waals surface area (Å²) in [7, 11) is -3.97. The lowest BCUT2D eigenvalue weighted by Gasteiger charge is -2.23. The molecule has 9 heteroatoms. The van der Waals surface area contributed by atoms with Gasteiger partial charge in [-0.15, -0.1) is 0 Å². The van der Waals surface area contributed by atoms with Crippen molar-refractivity contribution in [1.82, 2.24) is 9.62 Å². The van der Waals surface area contributed by atoms with Crippen molar-refractivity contribution in [1.29, 1.82) is 0 Å². The molecule has 0 spiro atoms. The van der Waals surface area contributed by atoms with Crippen molar-refractivity contribution >= 4 is 55.1 Å². The molecule has 0 saturated heterocycles. The number of hydrogen-bond acceptors (Lipinski definition) is 3. The highest BCUT2D eigenvalue weighted by molar-refractivity contribution is 9.10. The van der Waals surface area contributed by atoms with Crippen LogP contribution in [0.2, 0.25) is 10.0 Å². The summed E-state index contributed by atoms with van der Waals surface area (Å²) < 4.78 is 28.7. The van der Waals surface area contributed by atoms with Crippen molar-refractivity contribution in [2.24, 2.45) is 0 Å². The van der Waals surface area contributed by atoms with E-state index in [9.17, 15) is 13.2 Å². The Labute approximate surface area is 206 Å². The van der Waals surface area contributed by atoms with E-state index >= 15 is 0 Å². The number of benzene rings is 3. The monoisotopic (exact) mass is 554 g/mol. The smallest absolute Gasteiger partial charge is 0.243 e. The fourth-order valence-electron chi connectivity index (χ4n) is 3.13. The van der Waals surface area contributed by atoms with Crippen LogP contribution in [0, 0.1) is 0 Å². The summed E-state index contributed by atoms with van der Waals surface area (Å²) in [4.78, 5) is 12.9. The van der Waals surface area contributed by atoms with Crippen LogP contribution in [0.3, 0.4) is 0 Å². The van der Waals surface area contributed by atoms with Crippen LogP contribution in [0.5, 0.6) is 0 Å². The van der Waals surface area contributed by atoms with Gasteiger partial charge in [0, 0.05) is 21.1 Å². The second-order valence-electron chi connectivity index (χ2n) is 7.20. The molecular weight excluding hydrogens is 535 g/mol. The predicted molar refractivity (Wildman–Crippen MR) is 131 cm³/mol. The van der Waals surface area contributed by atoms with Gasteiger partial charge < -0.3 is 5.32 Å². The van der Waals surface area contributed by atoms with E-state index in [0.717, 1.165) is 14.3 Å². The van der Waals surface area contributed by atoms with Gasteiger partial charge in [-0.3, -0.25) is 4.79 Å². The maximum atomic E-state index is 13.3. The fourth-order valence-corrected chi connectivity index (χ4v) is 5.27. The van der Waals surface area contributed by atoms with Crippen LogP contribution >= 0.6 is 39.1 Å². The van der Waals surface area contributed by atoms with Crippen LogP contribution in [0.15, 0.2) is 82.2 Å². The molecule has 3 aromatic carbocycles. The molecule has 0 heterocycles. The summed E-state index contributed by atoms with van der Waals surface area (Å²) in [5.41, 5.74) is 1.57. The van der Waals surface area contributed by atoms with Gasteiger partial charge in [0.05, 0.1) is 17.5 Å². The minimum atomic E-state index is -3.97. The molecule has 3 rings (SSSR count). The average molecular weight is 556 g/mol. The lowest BCUT2D eigenvalue weighted by atomic mass is 10.1. The Morgan fingerprint density at radius 1 is 1.00 bits per heavy atom. The minimum Gasteiger partial charge on any atom is -0.348 e. The quantitative estimate of drug-likeness (QED) is 0.380. The van der Waals surface area contributed by atoms with Crippen molar-refractivity contribution in [3.8, 4) is 0 Å². The number of sulfonamides is 1. The van der Waals surface area contributed by atoms with Crippen LogP contribution in [-0.4, -0.2) is 25.2 Å². The molecule has 1 atom stereocenters. The van der Waals surface area contributed by atoms with Gasteiger partial charge in [-0.1, -0.05) is 63.4 Å². The Morgan fingerprint density at radius 2 is 1.69 bits per heavy atom. The average Bonchev–Trinajstić information content (AvgIpc) is 2.73. The third kappa shape index (κ3) is 6.56. The van der Waals surface area contributed by atoms with Gasteiger partial charge in [-0.2, -0.15) is 4.31 Å². The molecule has 0 fully saturated rings. The molecule has 0 aliphatic carbocycles. The maximum absolute atomic E-state index is 13.3. The molecule has 0 radical (unpaired) electrons. The van der Waals surface area contributed by atoms with Crippen molar-refractivity contribution in [3.63, 3.8) is 0 Å². The molecule has 0 aliphatic heterocycles. The van der Waals surface area contributed by atoms with Crippen LogP contribution in [0.25, 0.3) is 0 Å². The first kappa shape index (κ1) is 24.7. The number of nitrogens with zero attached hydrogens (tertiary/aromatic N) is 1. The van der Waals surface area contributed by atoms with Gasteiger partial charge in [0.15, 0.2) is 0 Å². The largest absolute Gasteiger partial charge is 0.348 e. The number of carbonyl (C=O) groups excluding carboxylic acids is 1. The number of rotatable bonds is 8. The number of halogens is 3. The highest BCUT2D eigenvalue weighted by Gasteiger charge is 2.27. The normalized spacial score (nSPS) is 12.5. The standard InChI is InChI=1S/C23H21BrCl2N2O3S/c1-16(18-5-3-6-19(24)13-18)27-23(29)15-28(14-17-4-2-7-21(26)12-17)32(30,31)22-10-8-20(25)9-11-22/h2-13,16H,14-15H2,1H3,(H,27,29)/t16-/m1/s1. The van der Waals surface area contributed by atoms with E-state index in [4.69, 9.17) is 23.2 Å². The molecule has 5 nitrogen and oxygen atoms in total. The Bertz CT molecular complexity index is 1200. The van der Waals surface area contributed by atoms with E-state index in [1.54, 1.807) is 24.3 Å². The van der Waals surface area contributed by atoms with Gasteiger partial charge >= 0.3 is 0 Å². The second-order valence-corrected chi connectivity index (χ2v) is 10.9. The number of carbonyl (C=O) groups is 1. The van der Waals surface area contributed by atoms with E-state index < -0.39 is 15.9 Å². The Balaban J connectivity index is 1.84. The topological polar surface area (TPSA) is 66.5 Å². The second kappa shape index (κ2) is 10.8. The van der Waals surface area contributed by atoms with Crippen LogP contribution in [0.4, 0.5) is 0 Å². The Morgan fingerprint density at radius 3 is 2.34 bits per heavy atom. The van der Waals surface area contributed by atoms with E-state index in [0.29, 0.717) is 15.6 Å². The number of nitrogens with one attached hydrogen (secondary N) is 1. The predicted octanol–water partition coefficient (Wildman–Crippen LogP) is 5.82. The maximum Gasteiger partial charge on any atom is 0.243 e. The number of hydrogen-bond donors (Lipinski definition) is 1. The first-order valence-electron chi connectivity index (χ1n) is 9.70. The highest BCUT2D eigenvalue weighted by Crippen LogP contribution is 2.22. The molecule has 0 aromatic heterocycles. The minimum absolute atomic E-state index is 0.00972. The lowest BCUT2D eigenvalue weighted by Crippen LogP contribution is -2.41. The summed E-state index contributed by atoms with van der Waals surface area (Å²) in [6.07, 6.45) is 0. The third-order valence-corrected chi connectivity index (χ3v) is 7.53. The van der Waals surface area contributed by atoms with Gasteiger partial charge in [0.1, 0.15) is 0 Å². The summed E-state index contributed by atoms with van der Waals surface area (Å²) in [6, 6.07) is 20.0. The zero-order valence-electron chi connectivity index (χ0n) is 17.1. The molecule has 0 bridgehead atoms. The first-order chi connectivity index (χ1) is 15.1. The summed E-state index contributed by atoms with van der Waals surface area (Å²) >= 11 is 15.4. The molecule has 32 heavy (non-hydrogen) atoms. The van der Waals surface area contributed by atoms with Crippen LogP contribution in [-0.2, 0) is 21.4 Å². The Hall–Kier alpha value is -1.90. The molecule has 1 amide bonds. The van der Waals surface area contributed by atoms with Gasteiger partial charge in [-0.05, 0) is 66.6 Å². The molecular formula is C23H21BrCl2N2O3S. The summed E-state index contributed by atoms with van der Waals surface area (Å²) in [5, 5.41) is 3.78. The van der Waals surface area contributed by atoms with Crippen LogP contribution < -0.4 is 5.32 Å². The summed E-state index contributed by atoms with van der Waals surface area (Å²) in [6.45, 7) is 1.48. The van der Waals surface area contributed by atoms with Crippen molar-refractivity contribution in [2.75, 3.05) is 6.54 Å². The van der Waals surface area contributed by atoms with Gasteiger partial charge in [-0.25, -0.2) is 8.42 Å². The SMILES string of the molecule is C[C@@H](NC(=O)CN(Cc1cccc(Cl)c1)S(=O)(=O)c1ccc(Cl)cc1)c1cccc(Br)c1. The zero-order chi connectivity index (χ0) is 23.3. The van der Waals surface area contributed by atoms with E-state index in [1.165, 1.54) is 24.3 Å². The van der Waals surface area contributed by atoms with E-state index in [2.05, 4.69) is 21.2 Å². The lowest BCUT2D eigenvalue weighted by molar-refractivity contribution is -0.122. The molecule has 0 aliphatic rings. The van der Waals surface area contributed by atoms with Crippen LogP contribution in [0.1, 0.15) is 24.1 Å². The summed E-state index contributed by atoms with van der Waals surface area (Å²) in [5.74, 6) is -0.419. The molecule has 168 valence electrons. The molecule has 0 saturated carbocycles. The molecule has 3 aromatic rings. The molecule has 0 unspecified atom stereocenters. The van der Waals surface area contributed by atoms with Crippen molar-refractivity contribution in [2.45, 2.75) is 24.4 Å².